The van der Waals surface area contributed by atoms with Crippen molar-refractivity contribution in [3.8, 4) is 28.3 Å². The molecule has 7 aromatic rings. The minimum atomic E-state index is 0.0796. The predicted molar refractivity (Wildman–Crippen MR) is 159 cm³/mol. The summed E-state index contributed by atoms with van der Waals surface area (Å²) in [6.07, 6.45) is 3.71. The largest absolute Gasteiger partial charge is 0.457 e. The molecule has 3 aromatic heterocycles. The summed E-state index contributed by atoms with van der Waals surface area (Å²) in [5, 5.41) is 2.32. The van der Waals surface area contributed by atoms with E-state index in [4.69, 9.17) is 14.7 Å². The van der Waals surface area contributed by atoms with Gasteiger partial charge in [-0.25, -0.2) is 4.98 Å². The molecule has 0 atom stereocenters. The summed E-state index contributed by atoms with van der Waals surface area (Å²) in [7, 11) is 0. The smallest absolute Gasteiger partial charge is 0.266 e. The normalized spacial score (nSPS) is 12.1. The van der Waals surface area contributed by atoms with Crippen LogP contribution in [0.25, 0.3) is 38.8 Å². The Morgan fingerprint density at radius 1 is 0.564 bits per heavy atom. The van der Waals surface area contributed by atoms with Crippen molar-refractivity contribution >= 4 is 45.2 Å². The van der Waals surface area contributed by atoms with Crippen LogP contribution in [0.1, 0.15) is 0 Å². The lowest BCUT2D eigenvalue weighted by Crippen LogP contribution is -2.50. The van der Waals surface area contributed by atoms with Crippen LogP contribution in [-0.4, -0.2) is 21.2 Å². The van der Waals surface area contributed by atoms with E-state index in [0.717, 1.165) is 39.3 Å². The molecule has 0 fully saturated rings. The zero-order valence-electron chi connectivity index (χ0n) is 21.0. The van der Waals surface area contributed by atoms with E-state index in [-0.39, 0.29) is 6.71 Å². The standard InChI is InChI=1S/C34H22BN3O/c1-3-14-30-26(11-1)27-18-17-25(22-31(27)35(30)33-16-5-6-19-36-33)39-24-10-7-9-23(21-24)38-32-15-4-2-12-28(32)29-13-8-20-37-34(29)38/h1-22H. The quantitative estimate of drug-likeness (QED) is 0.285. The number of fused-ring (bicyclic) bond motifs is 6. The number of nitrogens with zero attached hydrogens (tertiary/aromatic N) is 3. The van der Waals surface area contributed by atoms with Crippen molar-refractivity contribution in [3.63, 3.8) is 0 Å². The molecule has 4 heterocycles. The molecule has 1 aliphatic rings. The molecule has 0 unspecified atom stereocenters. The first-order valence-electron chi connectivity index (χ1n) is 13.1. The number of hydrogen-bond acceptors (Lipinski definition) is 3. The lowest BCUT2D eigenvalue weighted by atomic mass is 9.40. The van der Waals surface area contributed by atoms with E-state index < -0.39 is 0 Å². The Balaban J connectivity index is 1.21. The third-order valence-electron chi connectivity index (χ3n) is 7.62. The molecule has 0 bridgehead atoms. The van der Waals surface area contributed by atoms with Gasteiger partial charge in [-0.15, -0.1) is 0 Å². The maximum Gasteiger partial charge on any atom is 0.266 e. The summed E-state index contributed by atoms with van der Waals surface area (Å²) in [5.74, 6) is 1.58. The first kappa shape index (κ1) is 21.9. The highest BCUT2D eigenvalue weighted by Gasteiger charge is 2.34. The summed E-state index contributed by atoms with van der Waals surface area (Å²) in [6.45, 7) is 0.0796. The van der Waals surface area contributed by atoms with E-state index in [9.17, 15) is 0 Å². The van der Waals surface area contributed by atoms with Gasteiger partial charge in [-0.05, 0) is 65.7 Å². The van der Waals surface area contributed by atoms with Crippen LogP contribution in [0.15, 0.2) is 134 Å². The van der Waals surface area contributed by atoms with Gasteiger partial charge in [0.25, 0.3) is 6.71 Å². The fourth-order valence-electron chi connectivity index (χ4n) is 5.99. The average Bonchev–Trinajstić information content (AvgIpc) is 3.50. The van der Waals surface area contributed by atoms with Gasteiger partial charge in [0.1, 0.15) is 17.1 Å². The summed E-state index contributed by atoms with van der Waals surface area (Å²) >= 11 is 0. The van der Waals surface area contributed by atoms with Crippen LogP contribution in [0.2, 0.25) is 0 Å². The lowest BCUT2D eigenvalue weighted by molar-refractivity contribution is 0.483. The van der Waals surface area contributed by atoms with Crippen molar-refractivity contribution in [3.05, 3.63) is 134 Å². The highest BCUT2D eigenvalue weighted by Crippen LogP contribution is 2.33. The molecule has 182 valence electrons. The molecule has 0 saturated heterocycles. The molecule has 0 amide bonds. The van der Waals surface area contributed by atoms with E-state index in [1.54, 1.807) is 0 Å². The first-order valence-corrected chi connectivity index (χ1v) is 13.1. The van der Waals surface area contributed by atoms with Crippen molar-refractivity contribution in [1.82, 2.24) is 14.5 Å². The molecule has 0 aliphatic carbocycles. The maximum absolute atomic E-state index is 6.50. The zero-order valence-corrected chi connectivity index (χ0v) is 21.0. The van der Waals surface area contributed by atoms with Gasteiger partial charge in [-0.2, -0.15) is 0 Å². The fraction of sp³-hybridized carbons (Fsp3) is 0. The van der Waals surface area contributed by atoms with Gasteiger partial charge in [0.15, 0.2) is 0 Å². The van der Waals surface area contributed by atoms with Gasteiger partial charge in [-0.3, -0.25) is 9.55 Å². The first-order chi connectivity index (χ1) is 19.3. The Bertz CT molecular complexity index is 1960. The lowest BCUT2D eigenvalue weighted by Gasteiger charge is -2.13. The van der Waals surface area contributed by atoms with Gasteiger partial charge in [0.2, 0.25) is 0 Å². The Kier molecular flexibility index (Phi) is 4.89. The minimum Gasteiger partial charge on any atom is -0.457 e. The third-order valence-corrected chi connectivity index (χ3v) is 7.62. The average molecular weight is 499 g/mol. The molecule has 4 nitrogen and oxygen atoms in total. The molecule has 0 N–H and O–H groups in total. The molecular weight excluding hydrogens is 477 g/mol. The molecule has 8 rings (SSSR count). The molecule has 0 saturated carbocycles. The van der Waals surface area contributed by atoms with Crippen molar-refractivity contribution in [2.75, 3.05) is 0 Å². The number of benzene rings is 4. The van der Waals surface area contributed by atoms with Crippen LogP contribution < -0.4 is 21.3 Å². The van der Waals surface area contributed by atoms with Gasteiger partial charge in [0.05, 0.1) is 11.2 Å². The van der Waals surface area contributed by atoms with Crippen LogP contribution in [-0.2, 0) is 0 Å². The summed E-state index contributed by atoms with van der Waals surface area (Å²) in [5.41, 5.74) is 9.11. The van der Waals surface area contributed by atoms with Crippen molar-refractivity contribution < 1.29 is 4.74 Å². The molecule has 0 spiro atoms. The summed E-state index contributed by atoms with van der Waals surface area (Å²) in [4.78, 5) is 9.43. The minimum absolute atomic E-state index is 0.0796. The highest BCUT2D eigenvalue weighted by atomic mass is 16.5. The second-order valence-corrected chi connectivity index (χ2v) is 9.85. The maximum atomic E-state index is 6.50. The topological polar surface area (TPSA) is 39.9 Å². The van der Waals surface area contributed by atoms with Crippen molar-refractivity contribution in [2.24, 2.45) is 0 Å². The van der Waals surface area contributed by atoms with E-state index in [2.05, 4.69) is 102 Å². The SMILES string of the molecule is c1ccc(B2c3ccccc3-c3ccc(Oc4cccc(-n5c6ccccc6c6cccnc65)c4)cc32)nc1. The van der Waals surface area contributed by atoms with Gasteiger partial charge < -0.3 is 4.74 Å². The van der Waals surface area contributed by atoms with Gasteiger partial charge in [-0.1, -0.05) is 71.6 Å². The van der Waals surface area contributed by atoms with Crippen LogP contribution in [0.4, 0.5) is 0 Å². The second kappa shape index (κ2) is 8.71. The van der Waals surface area contributed by atoms with Crippen LogP contribution >= 0.6 is 0 Å². The molecular formula is C34H22BN3O. The van der Waals surface area contributed by atoms with E-state index in [1.165, 1.54) is 27.4 Å². The number of para-hydroxylation sites is 1. The van der Waals surface area contributed by atoms with E-state index in [0.29, 0.717) is 0 Å². The fourth-order valence-corrected chi connectivity index (χ4v) is 5.99. The molecule has 0 radical (unpaired) electrons. The number of rotatable bonds is 4. The third kappa shape index (κ3) is 3.47. The van der Waals surface area contributed by atoms with Crippen molar-refractivity contribution in [1.29, 1.82) is 0 Å². The number of hydrogen-bond donors (Lipinski definition) is 0. The highest BCUT2D eigenvalue weighted by molar-refractivity contribution is 6.98. The van der Waals surface area contributed by atoms with Crippen LogP contribution in [0, 0.1) is 0 Å². The predicted octanol–water partition coefficient (Wildman–Crippen LogP) is 5.86. The Labute approximate surface area is 226 Å². The number of ether oxygens (including phenoxy) is 1. The van der Waals surface area contributed by atoms with E-state index >= 15 is 0 Å². The van der Waals surface area contributed by atoms with E-state index in [1.807, 2.05) is 36.7 Å². The number of aromatic nitrogens is 3. The summed E-state index contributed by atoms with van der Waals surface area (Å²) < 4.78 is 8.70. The van der Waals surface area contributed by atoms with Crippen LogP contribution in [0.5, 0.6) is 11.5 Å². The Hall–Kier alpha value is -5.16. The van der Waals surface area contributed by atoms with Crippen molar-refractivity contribution in [2.45, 2.75) is 0 Å². The molecule has 1 aliphatic heterocycles. The van der Waals surface area contributed by atoms with Gasteiger partial charge >= 0.3 is 0 Å². The Morgan fingerprint density at radius 3 is 2.31 bits per heavy atom. The second-order valence-electron chi connectivity index (χ2n) is 9.85. The molecule has 5 heteroatoms. The zero-order chi connectivity index (χ0) is 25.8. The molecule has 39 heavy (non-hydrogen) atoms. The number of pyridine rings is 2. The Morgan fingerprint density at radius 2 is 1.36 bits per heavy atom. The van der Waals surface area contributed by atoms with Crippen LogP contribution in [0.3, 0.4) is 0 Å². The summed E-state index contributed by atoms with van der Waals surface area (Å²) in [6, 6.07) is 41.9. The monoisotopic (exact) mass is 499 g/mol. The molecule has 4 aromatic carbocycles. The van der Waals surface area contributed by atoms with Gasteiger partial charge in [0, 0.05) is 34.8 Å².